The molecule has 0 atom stereocenters. The molecular formula is C15H14O3. The highest BCUT2D eigenvalue weighted by molar-refractivity contribution is 6.15. The van der Waals surface area contributed by atoms with Gasteiger partial charge in [0.25, 0.3) is 0 Å². The van der Waals surface area contributed by atoms with E-state index < -0.39 is 0 Å². The normalized spacial score (nSPS) is 9.39. The largest absolute Gasteiger partial charge is 0.412 e. The van der Waals surface area contributed by atoms with Gasteiger partial charge >= 0.3 is 0 Å². The van der Waals surface area contributed by atoms with Gasteiger partial charge in [0.15, 0.2) is 11.6 Å². The van der Waals surface area contributed by atoms with Crippen molar-refractivity contribution in [2.24, 2.45) is 0 Å². The molecular weight excluding hydrogens is 228 g/mol. The number of benzene rings is 2. The Hall–Kier alpha value is -2.26. The van der Waals surface area contributed by atoms with E-state index in [1.54, 1.807) is 36.4 Å². The Balaban J connectivity index is 0.00000162. The Labute approximate surface area is 105 Å². The number of carbonyl (C=O) groups excluding carboxylic acids is 2. The summed E-state index contributed by atoms with van der Waals surface area (Å²) in [6.07, 6.45) is 0. The molecule has 2 rings (SSSR count). The molecule has 0 spiro atoms. The van der Waals surface area contributed by atoms with E-state index in [4.69, 9.17) is 0 Å². The fraction of sp³-hybridized carbons (Fsp3) is 0.0667. The van der Waals surface area contributed by atoms with Gasteiger partial charge in [0.2, 0.25) is 0 Å². The number of carbonyl (C=O) groups is 2. The van der Waals surface area contributed by atoms with Crippen LogP contribution in [0.2, 0.25) is 0 Å². The van der Waals surface area contributed by atoms with Gasteiger partial charge in [-0.3, -0.25) is 9.59 Å². The Kier molecular flexibility index (Phi) is 4.52. The number of hydrogen-bond donors (Lipinski definition) is 0. The van der Waals surface area contributed by atoms with Crippen LogP contribution in [-0.4, -0.2) is 17.0 Å². The molecule has 0 aliphatic carbocycles. The van der Waals surface area contributed by atoms with Gasteiger partial charge in [0, 0.05) is 16.7 Å². The third-order valence-electron chi connectivity index (χ3n) is 2.59. The van der Waals surface area contributed by atoms with Crippen molar-refractivity contribution < 1.29 is 15.1 Å². The van der Waals surface area contributed by atoms with Crippen molar-refractivity contribution in [3.63, 3.8) is 0 Å². The highest BCUT2D eigenvalue weighted by Gasteiger charge is 2.14. The molecule has 0 aliphatic rings. The topological polar surface area (TPSA) is 65.6 Å². The minimum atomic E-state index is -0.114. The molecule has 0 unspecified atom stereocenters. The van der Waals surface area contributed by atoms with Gasteiger partial charge in [-0.25, -0.2) is 0 Å². The molecule has 2 aromatic carbocycles. The van der Waals surface area contributed by atoms with E-state index in [1.807, 2.05) is 18.2 Å². The predicted octanol–water partition coefficient (Wildman–Crippen LogP) is 2.30. The molecule has 0 aliphatic heterocycles. The third-order valence-corrected chi connectivity index (χ3v) is 2.59. The van der Waals surface area contributed by atoms with Crippen molar-refractivity contribution in [3.8, 4) is 0 Å². The van der Waals surface area contributed by atoms with Crippen molar-refractivity contribution in [2.45, 2.75) is 6.92 Å². The van der Waals surface area contributed by atoms with Gasteiger partial charge in [0.1, 0.15) is 0 Å². The molecule has 0 bridgehead atoms. The van der Waals surface area contributed by atoms with Crippen molar-refractivity contribution >= 4 is 11.6 Å². The molecule has 2 aromatic rings. The van der Waals surface area contributed by atoms with Crippen LogP contribution >= 0.6 is 0 Å². The van der Waals surface area contributed by atoms with Gasteiger partial charge in [-0.2, -0.15) is 0 Å². The summed E-state index contributed by atoms with van der Waals surface area (Å²) in [4.78, 5) is 23.7. The van der Waals surface area contributed by atoms with E-state index in [9.17, 15) is 9.59 Å². The SMILES string of the molecule is CC(=O)c1ccccc1C(=O)c1ccccc1.O. The maximum atomic E-state index is 12.2. The zero-order valence-electron chi connectivity index (χ0n) is 10.0. The zero-order valence-corrected chi connectivity index (χ0v) is 10.0. The van der Waals surface area contributed by atoms with Crippen LogP contribution in [0.3, 0.4) is 0 Å². The van der Waals surface area contributed by atoms with E-state index in [0.29, 0.717) is 16.7 Å². The monoisotopic (exact) mass is 242 g/mol. The highest BCUT2D eigenvalue weighted by atomic mass is 16.1. The second-order valence-electron chi connectivity index (χ2n) is 3.80. The van der Waals surface area contributed by atoms with Crippen molar-refractivity contribution in [2.75, 3.05) is 0 Å². The van der Waals surface area contributed by atoms with Crippen LogP contribution in [0.5, 0.6) is 0 Å². The Morgan fingerprint density at radius 2 is 1.28 bits per heavy atom. The smallest absolute Gasteiger partial charge is 0.193 e. The van der Waals surface area contributed by atoms with E-state index in [2.05, 4.69) is 0 Å². The van der Waals surface area contributed by atoms with Crippen LogP contribution in [0.4, 0.5) is 0 Å². The van der Waals surface area contributed by atoms with Crippen LogP contribution in [0.25, 0.3) is 0 Å². The summed E-state index contributed by atoms with van der Waals surface area (Å²) in [6, 6.07) is 15.9. The van der Waals surface area contributed by atoms with Gasteiger partial charge < -0.3 is 5.48 Å². The van der Waals surface area contributed by atoms with Crippen LogP contribution in [0.15, 0.2) is 54.6 Å². The summed E-state index contributed by atoms with van der Waals surface area (Å²) in [7, 11) is 0. The van der Waals surface area contributed by atoms with Gasteiger partial charge in [-0.05, 0) is 6.92 Å². The Bertz CT molecular complexity index is 559. The molecule has 92 valence electrons. The summed E-state index contributed by atoms with van der Waals surface area (Å²) < 4.78 is 0. The molecule has 0 amide bonds. The lowest BCUT2D eigenvalue weighted by molar-refractivity contribution is 0.0990. The quantitative estimate of drug-likeness (QED) is 0.775. The summed E-state index contributed by atoms with van der Waals surface area (Å²) in [5, 5.41) is 0. The molecule has 3 heteroatoms. The molecule has 2 N–H and O–H groups in total. The van der Waals surface area contributed by atoms with E-state index in [-0.39, 0.29) is 17.0 Å². The zero-order chi connectivity index (χ0) is 12.3. The van der Waals surface area contributed by atoms with Gasteiger partial charge in [0.05, 0.1) is 0 Å². The molecule has 0 saturated carbocycles. The molecule has 0 saturated heterocycles. The lowest BCUT2D eigenvalue weighted by atomic mass is 9.97. The van der Waals surface area contributed by atoms with Crippen LogP contribution in [-0.2, 0) is 0 Å². The minimum absolute atomic E-state index is 0. The second kappa shape index (κ2) is 5.89. The first-order valence-corrected chi connectivity index (χ1v) is 5.40. The summed E-state index contributed by atoms with van der Waals surface area (Å²) in [5.74, 6) is -0.207. The fourth-order valence-electron chi connectivity index (χ4n) is 1.73. The first kappa shape index (κ1) is 13.8. The lowest BCUT2D eigenvalue weighted by Gasteiger charge is -2.05. The lowest BCUT2D eigenvalue weighted by Crippen LogP contribution is -2.07. The summed E-state index contributed by atoms with van der Waals surface area (Å²) in [6.45, 7) is 1.47. The Morgan fingerprint density at radius 3 is 1.83 bits per heavy atom. The first-order chi connectivity index (χ1) is 8.20. The fourth-order valence-corrected chi connectivity index (χ4v) is 1.73. The highest BCUT2D eigenvalue weighted by Crippen LogP contribution is 2.15. The second-order valence-corrected chi connectivity index (χ2v) is 3.80. The predicted molar refractivity (Wildman–Crippen MR) is 69.9 cm³/mol. The number of hydrogen-bond acceptors (Lipinski definition) is 2. The molecule has 3 nitrogen and oxygen atoms in total. The molecule has 0 fully saturated rings. The number of rotatable bonds is 3. The van der Waals surface area contributed by atoms with Crippen molar-refractivity contribution in [3.05, 3.63) is 71.3 Å². The van der Waals surface area contributed by atoms with Crippen LogP contribution < -0.4 is 0 Å². The average molecular weight is 242 g/mol. The van der Waals surface area contributed by atoms with Crippen LogP contribution in [0, 0.1) is 0 Å². The van der Waals surface area contributed by atoms with E-state index >= 15 is 0 Å². The first-order valence-electron chi connectivity index (χ1n) is 5.40. The minimum Gasteiger partial charge on any atom is -0.412 e. The molecule has 0 radical (unpaired) electrons. The molecule has 0 heterocycles. The van der Waals surface area contributed by atoms with Crippen molar-refractivity contribution in [1.29, 1.82) is 0 Å². The van der Waals surface area contributed by atoms with E-state index in [1.165, 1.54) is 6.92 Å². The maximum Gasteiger partial charge on any atom is 0.193 e. The third kappa shape index (κ3) is 2.70. The van der Waals surface area contributed by atoms with Gasteiger partial charge in [-0.1, -0.05) is 54.6 Å². The average Bonchev–Trinajstić information content (AvgIpc) is 2.39. The standard InChI is InChI=1S/C15H12O2.H2O/c1-11(16)13-9-5-6-10-14(13)15(17)12-7-3-2-4-8-12;/h2-10H,1H3;1H2. The maximum absolute atomic E-state index is 12.2. The van der Waals surface area contributed by atoms with Crippen LogP contribution in [0.1, 0.15) is 33.2 Å². The molecule has 18 heavy (non-hydrogen) atoms. The summed E-state index contributed by atoms with van der Waals surface area (Å²) in [5.41, 5.74) is 1.54. The number of ketones is 2. The summed E-state index contributed by atoms with van der Waals surface area (Å²) >= 11 is 0. The van der Waals surface area contributed by atoms with Crippen molar-refractivity contribution in [1.82, 2.24) is 0 Å². The molecule has 0 aromatic heterocycles. The van der Waals surface area contributed by atoms with E-state index in [0.717, 1.165) is 0 Å². The number of Topliss-reactive ketones (excluding diaryl/α,β-unsaturated/α-hetero) is 1. The van der Waals surface area contributed by atoms with Gasteiger partial charge in [-0.15, -0.1) is 0 Å². The Morgan fingerprint density at radius 1 is 0.778 bits per heavy atom.